The molecule has 0 saturated carbocycles. The Morgan fingerprint density at radius 1 is 1.11 bits per heavy atom. The molecule has 0 fully saturated rings. The average Bonchev–Trinajstić information content (AvgIpc) is 2.79. The Bertz CT molecular complexity index is 1190. The first-order valence-corrected chi connectivity index (χ1v) is 13.3. The normalized spacial score (nSPS) is 12.7. The lowest BCUT2D eigenvalue weighted by atomic mass is 10.1. The molecule has 0 aliphatic carbocycles. The van der Waals surface area contributed by atoms with E-state index in [0.29, 0.717) is 28.9 Å². The number of hydrogen-bond donors (Lipinski definition) is 1. The maximum absolute atomic E-state index is 13.4. The quantitative estimate of drug-likeness (QED) is 0.478. The molecule has 36 heavy (non-hydrogen) atoms. The monoisotopic (exact) mass is 547 g/mol. The third kappa shape index (κ3) is 7.86. The van der Waals surface area contributed by atoms with Gasteiger partial charge in [0.1, 0.15) is 12.6 Å². The van der Waals surface area contributed by atoms with Gasteiger partial charge in [-0.2, -0.15) is 13.2 Å². The zero-order chi connectivity index (χ0) is 27.3. The maximum Gasteiger partial charge on any atom is 0.417 e. The summed E-state index contributed by atoms with van der Waals surface area (Å²) in [4.78, 5) is 27.3. The predicted octanol–water partition coefficient (Wildman–Crippen LogP) is 4.38. The first kappa shape index (κ1) is 29.4. The number of aryl methyl sites for hydroxylation is 1. The van der Waals surface area contributed by atoms with Crippen molar-refractivity contribution in [2.45, 2.75) is 46.0 Å². The molecule has 0 saturated heterocycles. The Kier molecular flexibility index (Phi) is 9.78. The molecule has 1 unspecified atom stereocenters. The second-order valence-corrected chi connectivity index (χ2v) is 10.7. The molecule has 2 rings (SSSR count). The topological polar surface area (TPSA) is 86.8 Å². The van der Waals surface area contributed by atoms with E-state index in [4.69, 9.17) is 11.6 Å². The van der Waals surface area contributed by atoms with E-state index in [9.17, 15) is 31.2 Å². The third-order valence-electron chi connectivity index (χ3n) is 5.41. The number of hydrogen-bond acceptors (Lipinski definition) is 4. The number of carbonyl (C=O) groups excluding carboxylic acids is 2. The Labute approximate surface area is 214 Å². The Morgan fingerprint density at radius 2 is 1.72 bits per heavy atom. The van der Waals surface area contributed by atoms with Crippen LogP contribution in [-0.2, 0) is 32.3 Å². The van der Waals surface area contributed by atoms with Crippen LogP contribution in [0.3, 0.4) is 0 Å². The minimum atomic E-state index is -4.83. The summed E-state index contributed by atoms with van der Waals surface area (Å²) in [6, 6.07) is 8.83. The summed E-state index contributed by atoms with van der Waals surface area (Å²) in [7, 11) is -4.19. The largest absolute Gasteiger partial charge is 0.417 e. The molecule has 0 aliphatic heterocycles. The molecule has 12 heteroatoms. The van der Waals surface area contributed by atoms with E-state index < -0.39 is 51.2 Å². The number of nitrogens with one attached hydrogen (secondary N) is 1. The van der Waals surface area contributed by atoms with Gasteiger partial charge < -0.3 is 10.2 Å². The number of anilines is 1. The fraction of sp³-hybridized carbons (Fsp3) is 0.417. The van der Waals surface area contributed by atoms with Crippen LogP contribution in [0.4, 0.5) is 18.9 Å². The van der Waals surface area contributed by atoms with Gasteiger partial charge in [0.2, 0.25) is 21.8 Å². The minimum absolute atomic E-state index is 0.00809. The van der Waals surface area contributed by atoms with Gasteiger partial charge in [0.15, 0.2) is 0 Å². The molecule has 0 bridgehead atoms. The molecule has 1 atom stereocenters. The van der Waals surface area contributed by atoms with Crippen molar-refractivity contribution >= 4 is 39.1 Å². The summed E-state index contributed by atoms with van der Waals surface area (Å²) in [5.41, 5.74) is 0.0743. The molecular formula is C24H29ClF3N3O4S. The molecule has 2 aromatic rings. The number of alkyl halides is 3. The molecule has 0 heterocycles. The van der Waals surface area contributed by atoms with Gasteiger partial charge >= 0.3 is 6.18 Å². The van der Waals surface area contributed by atoms with Crippen molar-refractivity contribution in [2.75, 3.05) is 23.7 Å². The molecule has 2 amide bonds. The van der Waals surface area contributed by atoms with Crippen molar-refractivity contribution in [1.82, 2.24) is 10.2 Å². The average molecular weight is 548 g/mol. The molecule has 0 aliphatic rings. The van der Waals surface area contributed by atoms with Crippen LogP contribution >= 0.6 is 11.6 Å². The standard InChI is InChI=1S/C24H29ClF3N3O4S/c1-5-12-29-23(33)17(3)30(14-18-8-6-16(2)7-9-18)22(32)15-31(36(4,34)35)19-10-11-21(25)20(13-19)24(26,27)28/h6-11,13,17H,5,12,14-15H2,1-4H3,(H,29,33). The Hall–Kier alpha value is -2.79. The van der Waals surface area contributed by atoms with Gasteiger partial charge in [0.05, 0.1) is 22.5 Å². The molecule has 0 radical (unpaired) electrons. The van der Waals surface area contributed by atoms with Crippen LogP contribution in [0.1, 0.15) is 37.0 Å². The van der Waals surface area contributed by atoms with Crippen molar-refractivity contribution in [3.63, 3.8) is 0 Å². The van der Waals surface area contributed by atoms with Crippen LogP contribution in [0.15, 0.2) is 42.5 Å². The lowest BCUT2D eigenvalue weighted by molar-refractivity contribution is -0.139. The molecule has 198 valence electrons. The highest BCUT2D eigenvalue weighted by molar-refractivity contribution is 7.92. The second-order valence-electron chi connectivity index (χ2n) is 8.41. The molecule has 0 aromatic heterocycles. The van der Waals surface area contributed by atoms with E-state index in [1.807, 2.05) is 26.0 Å². The summed E-state index contributed by atoms with van der Waals surface area (Å²) in [6.45, 7) is 4.83. The number of nitrogens with zero attached hydrogens (tertiary/aromatic N) is 2. The van der Waals surface area contributed by atoms with Crippen molar-refractivity contribution in [3.05, 3.63) is 64.2 Å². The summed E-state index contributed by atoms with van der Waals surface area (Å²) in [5.74, 6) is -1.20. The van der Waals surface area contributed by atoms with Gasteiger partial charge in [0.25, 0.3) is 0 Å². The number of carbonyl (C=O) groups is 2. The number of rotatable bonds is 10. The zero-order valence-electron chi connectivity index (χ0n) is 20.4. The van der Waals surface area contributed by atoms with Crippen LogP contribution in [0.5, 0.6) is 0 Å². The van der Waals surface area contributed by atoms with Crippen molar-refractivity contribution < 1.29 is 31.2 Å². The highest BCUT2D eigenvalue weighted by atomic mass is 35.5. The predicted molar refractivity (Wildman–Crippen MR) is 133 cm³/mol. The fourth-order valence-corrected chi connectivity index (χ4v) is 4.43. The zero-order valence-corrected chi connectivity index (χ0v) is 22.0. The van der Waals surface area contributed by atoms with Crippen molar-refractivity contribution in [2.24, 2.45) is 0 Å². The van der Waals surface area contributed by atoms with E-state index in [1.165, 1.54) is 11.8 Å². The maximum atomic E-state index is 13.4. The van der Waals surface area contributed by atoms with Crippen LogP contribution in [0.2, 0.25) is 5.02 Å². The van der Waals surface area contributed by atoms with E-state index in [1.54, 1.807) is 12.1 Å². The first-order valence-electron chi connectivity index (χ1n) is 11.1. The van der Waals surface area contributed by atoms with Crippen LogP contribution < -0.4 is 9.62 Å². The number of halogens is 4. The van der Waals surface area contributed by atoms with Crippen molar-refractivity contribution in [1.29, 1.82) is 0 Å². The van der Waals surface area contributed by atoms with Crippen molar-refractivity contribution in [3.8, 4) is 0 Å². The van der Waals surface area contributed by atoms with Gasteiger partial charge in [-0.05, 0) is 44.0 Å². The lowest BCUT2D eigenvalue weighted by Crippen LogP contribution is -2.51. The highest BCUT2D eigenvalue weighted by Crippen LogP contribution is 2.37. The first-order chi connectivity index (χ1) is 16.6. The summed E-state index contributed by atoms with van der Waals surface area (Å²) in [6.07, 6.45) is -3.38. The van der Waals surface area contributed by atoms with Crippen LogP contribution in [-0.4, -0.2) is 50.5 Å². The summed E-state index contributed by atoms with van der Waals surface area (Å²) >= 11 is 5.67. The Balaban J connectivity index is 2.45. The Morgan fingerprint density at radius 3 is 2.25 bits per heavy atom. The minimum Gasteiger partial charge on any atom is -0.354 e. The molecule has 1 N–H and O–H groups in total. The van der Waals surface area contributed by atoms with Gasteiger partial charge in [0, 0.05) is 13.1 Å². The van der Waals surface area contributed by atoms with E-state index >= 15 is 0 Å². The molecule has 7 nitrogen and oxygen atoms in total. The molecular weight excluding hydrogens is 519 g/mol. The van der Waals surface area contributed by atoms with E-state index in [-0.39, 0.29) is 12.2 Å². The number of sulfonamides is 1. The van der Waals surface area contributed by atoms with Crippen LogP contribution in [0, 0.1) is 6.92 Å². The number of amides is 2. The SMILES string of the molecule is CCCNC(=O)C(C)N(Cc1ccc(C)cc1)C(=O)CN(c1ccc(Cl)c(C(F)(F)F)c1)S(C)(=O)=O. The van der Waals surface area contributed by atoms with Crippen LogP contribution in [0.25, 0.3) is 0 Å². The smallest absolute Gasteiger partial charge is 0.354 e. The van der Waals surface area contributed by atoms with Gasteiger partial charge in [-0.3, -0.25) is 13.9 Å². The lowest BCUT2D eigenvalue weighted by Gasteiger charge is -2.31. The molecule has 0 spiro atoms. The van der Waals surface area contributed by atoms with Gasteiger partial charge in [-0.15, -0.1) is 0 Å². The van der Waals surface area contributed by atoms with E-state index in [0.717, 1.165) is 24.0 Å². The fourth-order valence-electron chi connectivity index (χ4n) is 3.37. The van der Waals surface area contributed by atoms with E-state index in [2.05, 4.69) is 5.32 Å². The summed E-state index contributed by atoms with van der Waals surface area (Å²) < 4.78 is 65.8. The van der Waals surface area contributed by atoms with Gasteiger partial charge in [-0.1, -0.05) is 48.4 Å². The molecule has 2 aromatic carbocycles. The van der Waals surface area contributed by atoms with Gasteiger partial charge in [-0.25, -0.2) is 8.42 Å². The summed E-state index contributed by atoms with van der Waals surface area (Å²) in [5, 5.41) is 2.10. The number of benzene rings is 2. The second kappa shape index (κ2) is 12.0. The third-order valence-corrected chi connectivity index (χ3v) is 6.88. The highest BCUT2D eigenvalue weighted by Gasteiger charge is 2.35.